The molecule has 1 atom stereocenters. The van der Waals surface area contributed by atoms with Gasteiger partial charge in [0.2, 0.25) is 0 Å². The van der Waals surface area contributed by atoms with Gasteiger partial charge in [-0.15, -0.1) is 11.3 Å². The summed E-state index contributed by atoms with van der Waals surface area (Å²) in [5.41, 5.74) is 2.23. The predicted molar refractivity (Wildman–Crippen MR) is 84.4 cm³/mol. The highest BCUT2D eigenvalue weighted by molar-refractivity contribution is 7.09. The number of halogens is 1. The van der Waals surface area contributed by atoms with Gasteiger partial charge in [-0.2, -0.15) is 0 Å². The highest BCUT2D eigenvalue weighted by Gasteiger charge is 2.14. The topological polar surface area (TPSA) is 34.1 Å². The van der Waals surface area contributed by atoms with Gasteiger partial charge in [-0.1, -0.05) is 12.1 Å². The van der Waals surface area contributed by atoms with Crippen molar-refractivity contribution in [2.45, 2.75) is 19.3 Å². The average molecular weight is 308 g/mol. The van der Waals surface area contributed by atoms with Crippen molar-refractivity contribution in [3.63, 3.8) is 0 Å². The smallest absolute Gasteiger partial charge is 0.123 e. The molecule has 1 aromatic carbocycles. The highest BCUT2D eigenvalue weighted by Crippen LogP contribution is 2.22. The van der Waals surface area contributed by atoms with Crippen LogP contribution in [0.15, 0.2) is 29.6 Å². The molecule has 0 aliphatic carbocycles. The van der Waals surface area contributed by atoms with Crippen molar-refractivity contribution >= 4 is 11.3 Å². The number of hydrogen-bond acceptors (Lipinski definition) is 4. The van der Waals surface area contributed by atoms with Gasteiger partial charge in [-0.05, 0) is 31.0 Å². The molecule has 0 fully saturated rings. The minimum absolute atomic E-state index is 0.200. The second kappa shape index (κ2) is 8.22. The monoisotopic (exact) mass is 308 g/mol. The molecule has 21 heavy (non-hydrogen) atoms. The molecule has 0 saturated carbocycles. The molecular formula is C16H21FN2OS. The number of nitrogens with zero attached hydrogens (tertiary/aromatic N) is 1. The van der Waals surface area contributed by atoms with E-state index >= 15 is 0 Å². The number of methoxy groups -OCH3 is 1. The number of rotatable bonds is 8. The van der Waals surface area contributed by atoms with E-state index in [2.05, 4.69) is 15.7 Å². The summed E-state index contributed by atoms with van der Waals surface area (Å²) in [4.78, 5) is 4.53. The second-order valence-electron chi connectivity index (χ2n) is 5.01. The standard InChI is InChI=1S/C16H21FN2OS/c1-12-19-16(11-21-12)9-14(10-18-7-8-20-2)13-3-5-15(17)6-4-13/h3-6,11,14,18H,7-10H2,1-2H3. The molecule has 2 aromatic rings. The van der Waals surface area contributed by atoms with E-state index in [1.807, 2.05) is 19.1 Å². The molecule has 1 aromatic heterocycles. The summed E-state index contributed by atoms with van der Waals surface area (Å²) in [6.07, 6.45) is 0.857. The zero-order valence-corrected chi connectivity index (χ0v) is 13.3. The van der Waals surface area contributed by atoms with Crippen molar-refractivity contribution in [2.24, 2.45) is 0 Å². The highest BCUT2D eigenvalue weighted by atomic mass is 32.1. The fourth-order valence-electron chi connectivity index (χ4n) is 2.25. The molecule has 5 heteroatoms. The Morgan fingerprint density at radius 2 is 2.10 bits per heavy atom. The molecule has 2 rings (SSSR count). The maximum Gasteiger partial charge on any atom is 0.123 e. The van der Waals surface area contributed by atoms with Crippen LogP contribution in [0.1, 0.15) is 22.2 Å². The predicted octanol–water partition coefficient (Wildman–Crippen LogP) is 3.15. The third kappa shape index (κ3) is 5.19. The Morgan fingerprint density at radius 1 is 1.33 bits per heavy atom. The van der Waals surface area contributed by atoms with E-state index in [-0.39, 0.29) is 11.7 Å². The van der Waals surface area contributed by atoms with Crippen LogP contribution in [0.25, 0.3) is 0 Å². The van der Waals surface area contributed by atoms with Crippen LogP contribution in [0.5, 0.6) is 0 Å². The van der Waals surface area contributed by atoms with Gasteiger partial charge >= 0.3 is 0 Å². The van der Waals surface area contributed by atoms with Crippen LogP contribution < -0.4 is 5.32 Å². The molecule has 0 spiro atoms. The first-order valence-corrected chi connectivity index (χ1v) is 7.93. The van der Waals surface area contributed by atoms with Gasteiger partial charge in [0.25, 0.3) is 0 Å². The summed E-state index contributed by atoms with van der Waals surface area (Å²) in [6.45, 7) is 4.33. The van der Waals surface area contributed by atoms with Gasteiger partial charge in [-0.25, -0.2) is 9.37 Å². The van der Waals surface area contributed by atoms with Gasteiger partial charge in [0, 0.05) is 31.5 Å². The van der Waals surface area contributed by atoms with Crippen LogP contribution in [0.3, 0.4) is 0 Å². The lowest BCUT2D eigenvalue weighted by Crippen LogP contribution is -2.26. The Balaban J connectivity index is 2.04. The minimum atomic E-state index is -0.200. The van der Waals surface area contributed by atoms with Gasteiger partial charge in [0.15, 0.2) is 0 Å². The maximum atomic E-state index is 13.1. The Morgan fingerprint density at radius 3 is 2.71 bits per heavy atom. The second-order valence-corrected chi connectivity index (χ2v) is 6.07. The molecule has 1 unspecified atom stereocenters. The average Bonchev–Trinajstić information content (AvgIpc) is 2.88. The number of thiazole rings is 1. The molecule has 0 aliphatic heterocycles. The van der Waals surface area contributed by atoms with Crippen molar-refractivity contribution < 1.29 is 9.13 Å². The molecule has 0 saturated heterocycles. The van der Waals surface area contributed by atoms with E-state index < -0.39 is 0 Å². The van der Waals surface area contributed by atoms with Gasteiger partial charge < -0.3 is 10.1 Å². The van der Waals surface area contributed by atoms with E-state index in [0.29, 0.717) is 6.61 Å². The summed E-state index contributed by atoms with van der Waals surface area (Å²) in [5, 5.41) is 6.56. The first-order chi connectivity index (χ1) is 10.2. The van der Waals surface area contributed by atoms with E-state index in [9.17, 15) is 4.39 Å². The molecule has 0 aliphatic rings. The Kier molecular flexibility index (Phi) is 6.29. The van der Waals surface area contributed by atoms with Crippen molar-refractivity contribution in [1.82, 2.24) is 10.3 Å². The lowest BCUT2D eigenvalue weighted by Gasteiger charge is -2.17. The third-order valence-corrected chi connectivity index (χ3v) is 4.16. The fourth-order valence-corrected chi connectivity index (χ4v) is 2.87. The summed E-state index contributed by atoms with van der Waals surface area (Å²) in [5.74, 6) is 0.0818. The van der Waals surface area contributed by atoms with E-state index in [4.69, 9.17) is 4.74 Å². The van der Waals surface area contributed by atoms with Crippen LogP contribution in [-0.2, 0) is 11.2 Å². The van der Waals surface area contributed by atoms with Crippen molar-refractivity contribution in [1.29, 1.82) is 0 Å². The fraction of sp³-hybridized carbons (Fsp3) is 0.438. The number of aromatic nitrogens is 1. The number of hydrogen-bond donors (Lipinski definition) is 1. The Labute approximate surface area is 129 Å². The number of ether oxygens (including phenoxy) is 1. The van der Waals surface area contributed by atoms with Crippen LogP contribution >= 0.6 is 11.3 Å². The summed E-state index contributed by atoms with van der Waals surface area (Å²) < 4.78 is 18.1. The zero-order chi connectivity index (χ0) is 15.1. The van der Waals surface area contributed by atoms with Crippen molar-refractivity contribution in [3.05, 3.63) is 51.7 Å². The van der Waals surface area contributed by atoms with Gasteiger partial charge in [0.1, 0.15) is 5.82 Å². The van der Waals surface area contributed by atoms with Gasteiger partial charge in [0.05, 0.1) is 17.3 Å². The minimum Gasteiger partial charge on any atom is -0.383 e. The molecular weight excluding hydrogens is 287 g/mol. The van der Waals surface area contributed by atoms with Crippen LogP contribution in [-0.4, -0.2) is 31.8 Å². The number of nitrogens with one attached hydrogen (secondary N) is 1. The first kappa shape index (κ1) is 16.1. The molecule has 0 radical (unpaired) electrons. The van der Waals surface area contributed by atoms with E-state index in [1.54, 1.807) is 18.4 Å². The Hall–Kier alpha value is -1.30. The molecule has 1 N–H and O–H groups in total. The normalized spacial score (nSPS) is 12.5. The molecule has 0 bridgehead atoms. The Bertz CT molecular complexity index is 541. The summed E-state index contributed by atoms with van der Waals surface area (Å²) in [6, 6.07) is 6.75. The van der Waals surface area contributed by atoms with Crippen LogP contribution in [0.2, 0.25) is 0 Å². The molecule has 1 heterocycles. The zero-order valence-electron chi connectivity index (χ0n) is 12.4. The van der Waals surface area contributed by atoms with E-state index in [1.165, 1.54) is 12.1 Å². The third-order valence-electron chi connectivity index (χ3n) is 3.34. The molecule has 3 nitrogen and oxygen atoms in total. The quantitative estimate of drug-likeness (QED) is 0.761. The largest absolute Gasteiger partial charge is 0.383 e. The molecule has 114 valence electrons. The first-order valence-electron chi connectivity index (χ1n) is 7.05. The van der Waals surface area contributed by atoms with Crippen molar-refractivity contribution in [3.8, 4) is 0 Å². The maximum absolute atomic E-state index is 13.1. The number of aryl methyl sites for hydroxylation is 1. The lowest BCUT2D eigenvalue weighted by atomic mass is 9.94. The molecule has 0 amide bonds. The van der Waals surface area contributed by atoms with Crippen LogP contribution in [0, 0.1) is 12.7 Å². The summed E-state index contributed by atoms with van der Waals surface area (Å²) >= 11 is 1.66. The number of benzene rings is 1. The lowest BCUT2D eigenvalue weighted by molar-refractivity contribution is 0.199. The SMILES string of the molecule is COCCNCC(Cc1csc(C)n1)c1ccc(F)cc1. The van der Waals surface area contributed by atoms with Crippen LogP contribution in [0.4, 0.5) is 4.39 Å². The summed E-state index contributed by atoms with van der Waals surface area (Å²) in [7, 11) is 1.69. The van der Waals surface area contributed by atoms with Crippen molar-refractivity contribution in [2.75, 3.05) is 26.8 Å². The van der Waals surface area contributed by atoms with E-state index in [0.717, 1.165) is 35.8 Å². The van der Waals surface area contributed by atoms with Gasteiger partial charge in [-0.3, -0.25) is 0 Å².